The molecule has 2 rings (SSSR count). The Hall–Kier alpha value is -1.45. The highest BCUT2D eigenvalue weighted by molar-refractivity contribution is 6.30. The molecule has 1 aromatic heterocycles. The van der Waals surface area contributed by atoms with Crippen molar-refractivity contribution in [2.24, 2.45) is 5.73 Å². The number of hydrogen-bond donors (Lipinski definition) is 1. The van der Waals surface area contributed by atoms with Gasteiger partial charge in [0.05, 0.1) is 7.11 Å². The Morgan fingerprint density at radius 2 is 2.05 bits per heavy atom. The van der Waals surface area contributed by atoms with Crippen molar-refractivity contribution in [1.29, 1.82) is 0 Å². The van der Waals surface area contributed by atoms with Gasteiger partial charge in [-0.1, -0.05) is 11.6 Å². The van der Waals surface area contributed by atoms with Crippen molar-refractivity contribution in [1.82, 2.24) is 0 Å². The van der Waals surface area contributed by atoms with E-state index in [4.69, 9.17) is 26.5 Å². The van der Waals surface area contributed by atoms with E-state index in [9.17, 15) is 0 Å². The molecule has 0 saturated heterocycles. The van der Waals surface area contributed by atoms with Crippen LogP contribution < -0.4 is 10.5 Å². The van der Waals surface area contributed by atoms with E-state index in [0.29, 0.717) is 11.4 Å². The largest absolute Gasteiger partial charge is 0.496 e. The topological polar surface area (TPSA) is 48.4 Å². The molecule has 0 aliphatic heterocycles. The molecule has 1 atom stereocenters. The predicted octanol–water partition coefficient (Wildman–Crippen LogP) is 3.80. The van der Waals surface area contributed by atoms with Crippen molar-refractivity contribution in [3.63, 3.8) is 0 Å². The smallest absolute Gasteiger partial charge is 0.122 e. The van der Waals surface area contributed by atoms with Gasteiger partial charge in [-0.05, 0) is 50.1 Å². The Kier molecular flexibility index (Phi) is 4.17. The zero-order chi connectivity index (χ0) is 14.0. The average Bonchev–Trinajstić information content (AvgIpc) is 2.69. The monoisotopic (exact) mass is 279 g/mol. The van der Waals surface area contributed by atoms with Gasteiger partial charge in [-0.25, -0.2) is 0 Å². The molecule has 19 heavy (non-hydrogen) atoms. The second-order valence-electron chi connectivity index (χ2n) is 4.64. The first kappa shape index (κ1) is 14.0. The van der Waals surface area contributed by atoms with E-state index >= 15 is 0 Å². The molecular weight excluding hydrogens is 262 g/mol. The van der Waals surface area contributed by atoms with Gasteiger partial charge in [-0.2, -0.15) is 0 Å². The number of methoxy groups -OCH3 is 1. The fraction of sp³-hybridized carbons (Fsp3) is 0.333. The van der Waals surface area contributed by atoms with E-state index in [-0.39, 0.29) is 6.04 Å². The van der Waals surface area contributed by atoms with Crippen molar-refractivity contribution >= 4 is 11.6 Å². The highest BCUT2D eigenvalue weighted by atomic mass is 35.5. The molecule has 3 nitrogen and oxygen atoms in total. The Morgan fingerprint density at radius 1 is 1.32 bits per heavy atom. The molecule has 0 saturated carbocycles. The zero-order valence-electron chi connectivity index (χ0n) is 11.4. The van der Waals surface area contributed by atoms with Gasteiger partial charge in [0, 0.05) is 16.6 Å². The van der Waals surface area contributed by atoms with Crippen molar-refractivity contribution in [2.45, 2.75) is 26.3 Å². The van der Waals surface area contributed by atoms with Gasteiger partial charge < -0.3 is 14.9 Å². The fourth-order valence-corrected chi connectivity index (χ4v) is 2.47. The number of rotatable bonds is 4. The first-order valence-corrected chi connectivity index (χ1v) is 6.54. The maximum atomic E-state index is 6.26. The van der Waals surface area contributed by atoms with Crippen LogP contribution in [0.15, 0.2) is 28.7 Å². The number of ether oxygens (including phenoxy) is 1. The third-order valence-corrected chi connectivity index (χ3v) is 3.40. The van der Waals surface area contributed by atoms with Crippen molar-refractivity contribution in [3.8, 4) is 5.75 Å². The van der Waals surface area contributed by atoms with Crippen LogP contribution in [0, 0.1) is 13.8 Å². The maximum Gasteiger partial charge on any atom is 0.122 e. The van der Waals surface area contributed by atoms with E-state index in [1.165, 1.54) is 0 Å². The summed E-state index contributed by atoms with van der Waals surface area (Å²) < 4.78 is 10.9. The summed E-state index contributed by atoms with van der Waals surface area (Å²) in [5.41, 5.74) is 8.28. The third-order valence-electron chi connectivity index (χ3n) is 3.16. The number of benzene rings is 1. The van der Waals surface area contributed by atoms with Gasteiger partial charge in [0.15, 0.2) is 0 Å². The molecule has 0 fully saturated rings. The van der Waals surface area contributed by atoms with Crippen LogP contribution in [0.25, 0.3) is 0 Å². The molecule has 0 amide bonds. The molecule has 1 aromatic carbocycles. The van der Waals surface area contributed by atoms with Gasteiger partial charge in [-0.3, -0.25) is 0 Å². The molecular formula is C15H18ClNO2. The minimum Gasteiger partial charge on any atom is -0.496 e. The molecule has 0 spiro atoms. The third kappa shape index (κ3) is 3.11. The van der Waals surface area contributed by atoms with Gasteiger partial charge in [-0.15, -0.1) is 0 Å². The van der Waals surface area contributed by atoms with Crippen molar-refractivity contribution in [3.05, 3.63) is 51.9 Å². The fourth-order valence-electron chi connectivity index (χ4n) is 2.27. The Morgan fingerprint density at radius 3 is 2.63 bits per heavy atom. The standard InChI is InChI=1S/C15H18ClNO2/c1-9-6-13(10(2)19-9)14(17)8-11-7-12(16)4-5-15(11)18-3/h4-7,14H,8,17H2,1-3H3. The summed E-state index contributed by atoms with van der Waals surface area (Å²) in [5, 5.41) is 0.683. The van der Waals surface area contributed by atoms with Crippen LogP contribution >= 0.6 is 11.6 Å². The van der Waals surface area contributed by atoms with Crippen LogP contribution in [-0.4, -0.2) is 7.11 Å². The summed E-state index contributed by atoms with van der Waals surface area (Å²) in [6, 6.07) is 7.41. The maximum absolute atomic E-state index is 6.26. The molecule has 4 heteroatoms. The molecule has 2 aromatic rings. The summed E-state index contributed by atoms with van der Waals surface area (Å²) in [5.74, 6) is 2.55. The van der Waals surface area contributed by atoms with Crippen LogP contribution in [0.4, 0.5) is 0 Å². The van der Waals surface area contributed by atoms with Gasteiger partial charge in [0.1, 0.15) is 17.3 Å². The number of nitrogens with two attached hydrogens (primary N) is 1. The van der Waals surface area contributed by atoms with Crippen LogP contribution in [0.3, 0.4) is 0 Å². The van der Waals surface area contributed by atoms with Crippen molar-refractivity contribution in [2.75, 3.05) is 7.11 Å². The van der Waals surface area contributed by atoms with Crippen LogP contribution in [-0.2, 0) is 6.42 Å². The lowest BCUT2D eigenvalue weighted by atomic mass is 9.99. The summed E-state index contributed by atoms with van der Waals surface area (Å²) in [4.78, 5) is 0. The second kappa shape index (κ2) is 5.68. The molecule has 0 radical (unpaired) electrons. The molecule has 2 N–H and O–H groups in total. The molecule has 0 aliphatic rings. The lowest BCUT2D eigenvalue weighted by molar-refractivity contribution is 0.408. The van der Waals surface area contributed by atoms with Crippen molar-refractivity contribution < 1.29 is 9.15 Å². The average molecular weight is 280 g/mol. The number of hydrogen-bond acceptors (Lipinski definition) is 3. The van der Waals surface area contributed by atoms with Crippen LogP contribution in [0.1, 0.15) is 28.7 Å². The molecule has 1 heterocycles. The first-order chi connectivity index (χ1) is 9.01. The number of furan rings is 1. The SMILES string of the molecule is COc1ccc(Cl)cc1CC(N)c1cc(C)oc1C. The number of aryl methyl sites for hydroxylation is 2. The van der Waals surface area contributed by atoms with E-state index in [2.05, 4.69) is 0 Å². The predicted molar refractivity (Wildman–Crippen MR) is 76.8 cm³/mol. The Balaban J connectivity index is 2.25. The summed E-state index contributed by atoms with van der Waals surface area (Å²) in [7, 11) is 1.64. The first-order valence-electron chi connectivity index (χ1n) is 6.16. The van der Waals surface area contributed by atoms with E-state index < -0.39 is 0 Å². The normalized spacial score (nSPS) is 12.5. The quantitative estimate of drug-likeness (QED) is 0.926. The molecule has 0 bridgehead atoms. The number of halogens is 1. The molecule has 0 aliphatic carbocycles. The molecule has 102 valence electrons. The van der Waals surface area contributed by atoms with E-state index in [1.54, 1.807) is 7.11 Å². The van der Waals surface area contributed by atoms with Gasteiger partial charge in [0.2, 0.25) is 0 Å². The summed E-state index contributed by atoms with van der Waals surface area (Å²) in [6.45, 7) is 3.85. The minimum absolute atomic E-state index is 0.134. The van der Waals surface area contributed by atoms with E-state index in [1.807, 2.05) is 38.1 Å². The lowest BCUT2D eigenvalue weighted by Gasteiger charge is -2.14. The summed E-state index contributed by atoms with van der Waals surface area (Å²) >= 11 is 6.02. The lowest BCUT2D eigenvalue weighted by Crippen LogP contribution is -2.14. The Labute approximate surface area is 118 Å². The zero-order valence-corrected chi connectivity index (χ0v) is 12.1. The van der Waals surface area contributed by atoms with Gasteiger partial charge in [0.25, 0.3) is 0 Å². The van der Waals surface area contributed by atoms with Crippen LogP contribution in [0.2, 0.25) is 5.02 Å². The van der Waals surface area contributed by atoms with E-state index in [0.717, 1.165) is 28.4 Å². The van der Waals surface area contributed by atoms with Crippen LogP contribution in [0.5, 0.6) is 5.75 Å². The second-order valence-corrected chi connectivity index (χ2v) is 5.07. The highest BCUT2D eigenvalue weighted by Gasteiger charge is 2.16. The molecule has 1 unspecified atom stereocenters. The Bertz CT molecular complexity index is 578. The highest BCUT2D eigenvalue weighted by Crippen LogP contribution is 2.28. The summed E-state index contributed by atoms with van der Waals surface area (Å²) in [6.07, 6.45) is 0.656. The van der Waals surface area contributed by atoms with Gasteiger partial charge >= 0.3 is 0 Å². The minimum atomic E-state index is -0.134.